The van der Waals surface area contributed by atoms with Crippen LogP contribution in [0.5, 0.6) is 11.5 Å². The van der Waals surface area contributed by atoms with Gasteiger partial charge in [0.25, 0.3) is 5.60 Å². The summed E-state index contributed by atoms with van der Waals surface area (Å²) < 4.78 is 53.5. The number of aliphatic hydroxyl groups is 1. The van der Waals surface area contributed by atoms with Gasteiger partial charge in [0.1, 0.15) is 11.5 Å². The molecule has 0 aliphatic rings. The van der Waals surface area contributed by atoms with E-state index in [0.29, 0.717) is 6.07 Å². The predicted octanol–water partition coefficient (Wildman–Crippen LogP) is 1.65. The number of carbonyl (C=O) groups is 2. The summed E-state index contributed by atoms with van der Waals surface area (Å²) in [5, 5.41) is 19.7. The molecule has 0 bridgehead atoms. The number of hydrogen-bond acceptors (Lipinski definition) is 7. The number of carbonyl (C=O) groups excluding carboxylic acids is 2. The molecule has 1 unspecified atom stereocenters. The van der Waals surface area contributed by atoms with E-state index in [1.807, 2.05) is 0 Å². The third-order valence-electron chi connectivity index (χ3n) is 3.00. The van der Waals surface area contributed by atoms with Crippen molar-refractivity contribution in [2.24, 2.45) is 0 Å². The quantitative estimate of drug-likeness (QED) is 0.708. The van der Waals surface area contributed by atoms with Crippen LogP contribution in [0.3, 0.4) is 0 Å². The summed E-state index contributed by atoms with van der Waals surface area (Å²) in [7, 11) is 0. The van der Waals surface area contributed by atoms with Crippen LogP contribution >= 0.6 is 0 Å². The fourth-order valence-corrected chi connectivity index (χ4v) is 1.87. The Morgan fingerprint density at radius 1 is 1.12 bits per heavy atom. The molecule has 0 saturated heterocycles. The summed E-state index contributed by atoms with van der Waals surface area (Å²) in [6, 6.07) is 2.33. The molecular weight excluding hydrogens is 349 g/mol. The van der Waals surface area contributed by atoms with E-state index in [1.165, 1.54) is 6.92 Å². The number of phenols is 1. The minimum Gasteiger partial charge on any atom is -0.507 e. The Balaban J connectivity index is 3.14. The fourth-order valence-electron chi connectivity index (χ4n) is 1.87. The van der Waals surface area contributed by atoms with Crippen molar-refractivity contribution in [1.82, 2.24) is 0 Å². The van der Waals surface area contributed by atoms with Gasteiger partial charge >= 0.3 is 18.1 Å². The van der Waals surface area contributed by atoms with Crippen molar-refractivity contribution in [3.8, 4) is 11.5 Å². The van der Waals surface area contributed by atoms with Gasteiger partial charge < -0.3 is 24.4 Å². The van der Waals surface area contributed by atoms with Crippen LogP contribution in [0.15, 0.2) is 18.2 Å². The van der Waals surface area contributed by atoms with Gasteiger partial charge in [-0.3, -0.25) is 0 Å². The van der Waals surface area contributed by atoms with Crippen molar-refractivity contribution in [3.05, 3.63) is 23.8 Å². The summed E-state index contributed by atoms with van der Waals surface area (Å²) in [6.07, 6.45) is -5.44. The Kier molecular flexibility index (Phi) is 6.63. The van der Waals surface area contributed by atoms with E-state index in [1.54, 1.807) is 6.92 Å². The normalized spacial score (nSPS) is 13.7. The number of esters is 2. The second-order valence-electron chi connectivity index (χ2n) is 4.70. The summed E-state index contributed by atoms with van der Waals surface area (Å²) >= 11 is 0. The van der Waals surface area contributed by atoms with Crippen molar-refractivity contribution >= 4 is 11.9 Å². The van der Waals surface area contributed by atoms with Crippen LogP contribution in [0, 0.1) is 0 Å². The van der Waals surface area contributed by atoms with E-state index >= 15 is 0 Å². The van der Waals surface area contributed by atoms with Gasteiger partial charge in [0.2, 0.25) is 0 Å². The maximum absolute atomic E-state index is 13.2. The standard InChI is InChI=1S/C15H17F3O7/c1-3-23-12(20)8-25-9-5-6-10(11(19)7-9)14(22,15(16,17)18)13(21)24-4-2/h5-7,19,22H,3-4,8H2,1-2H3. The molecule has 10 heteroatoms. The average molecular weight is 366 g/mol. The highest BCUT2D eigenvalue weighted by molar-refractivity contribution is 5.83. The topological polar surface area (TPSA) is 102 Å². The number of hydrogen-bond donors (Lipinski definition) is 2. The lowest BCUT2D eigenvalue weighted by Crippen LogP contribution is -2.50. The zero-order valence-corrected chi connectivity index (χ0v) is 13.4. The molecule has 1 rings (SSSR count). The van der Waals surface area contributed by atoms with Crippen molar-refractivity contribution in [3.63, 3.8) is 0 Å². The first-order valence-corrected chi connectivity index (χ1v) is 7.16. The third kappa shape index (κ3) is 4.53. The van der Waals surface area contributed by atoms with Crippen LogP contribution in [0.1, 0.15) is 19.4 Å². The lowest BCUT2D eigenvalue weighted by molar-refractivity contribution is -0.268. The molecule has 0 aromatic heterocycles. The van der Waals surface area contributed by atoms with Crippen molar-refractivity contribution in [2.75, 3.05) is 19.8 Å². The lowest BCUT2D eigenvalue weighted by Gasteiger charge is -2.29. The third-order valence-corrected chi connectivity index (χ3v) is 3.00. The van der Waals surface area contributed by atoms with Gasteiger partial charge in [0, 0.05) is 11.6 Å². The van der Waals surface area contributed by atoms with Crippen LogP contribution in [0.4, 0.5) is 13.2 Å². The Hall–Kier alpha value is -2.49. The van der Waals surface area contributed by atoms with E-state index in [4.69, 9.17) is 4.74 Å². The molecule has 0 amide bonds. The maximum Gasteiger partial charge on any atom is 0.432 e. The fraction of sp³-hybridized carbons (Fsp3) is 0.467. The van der Waals surface area contributed by atoms with Gasteiger partial charge in [0.15, 0.2) is 6.61 Å². The molecule has 0 fully saturated rings. The second kappa shape index (κ2) is 8.06. The number of phenolic OH excluding ortho intramolecular Hbond substituents is 1. The molecule has 1 aromatic carbocycles. The number of halogens is 3. The van der Waals surface area contributed by atoms with Gasteiger partial charge in [0.05, 0.1) is 13.2 Å². The molecule has 1 aromatic rings. The van der Waals surface area contributed by atoms with Crippen LogP contribution in [0.2, 0.25) is 0 Å². The van der Waals surface area contributed by atoms with Crippen molar-refractivity contribution in [2.45, 2.75) is 25.6 Å². The minimum absolute atomic E-state index is 0.116. The molecule has 2 N–H and O–H groups in total. The van der Waals surface area contributed by atoms with E-state index in [2.05, 4.69) is 9.47 Å². The van der Waals surface area contributed by atoms with E-state index in [-0.39, 0.29) is 12.4 Å². The maximum atomic E-state index is 13.2. The summed E-state index contributed by atoms with van der Waals surface area (Å²) in [4.78, 5) is 22.8. The van der Waals surface area contributed by atoms with Crippen LogP contribution in [-0.4, -0.2) is 48.1 Å². The first-order valence-electron chi connectivity index (χ1n) is 7.16. The van der Waals surface area contributed by atoms with Crippen LogP contribution in [-0.2, 0) is 24.7 Å². The zero-order chi connectivity index (χ0) is 19.3. The molecule has 0 heterocycles. The Morgan fingerprint density at radius 3 is 2.20 bits per heavy atom. The number of benzene rings is 1. The van der Waals surface area contributed by atoms with E-state index in [0.717, 1.165) is 12.1 Å². The highest BCUT2D eigenvalue weighted by Crippen LogP contribution is 2.44. The summed E-state index contributed by atoms with van der Waals surface area (Å²) in [5.74, 6) is -3.92. The van der Waals surface area contributed by atoms with Gasteiger partial charge in [-0.05, 0) is 26.0 Å². The van der Waals surface area contributed by atoms with Gasteiger partial charge in [-0.25, -0.2) is 9.59 Å². The van der Waals surface area contributed by atoms with Crippen LogP contribution < -0.4 is 4.74 Å². The van der Waals surface area contributed by atoms with E-state index in [9.17, 15) is 33.0 Å². The van der Waals surface area contributed by atoms with Crippen molar-refractivity contribution < 1.29 is 47.2 Å². The summed E-state index contributed by atoms with van der Waals surface area (Å²) in [6.45, 7) is 2.02. The monoisotopic (exact) mass is 366 g/mol. The molecule has 1 atom stereocenters. The van der Waals surface area contributed by atoms with Gasteiger partial charge in [-0.2, -0.15) is 13.2 Å². The second-order valence-corrected chi connectivity index (χ2v) is 4.70. The van der Waals surface area contributed by atoms with Gasteiger partial charge in [-0.1, -0.05) is 0 Å². The molecule has 0 aliphatic carbocycles. The zero-order valence-electron chi connectivity index (χ0n) is 13.4. The minimum atomic E-state index is -5.44. The lowest BCUT2D eigenvalue weighted by atomic mass is 9.92. The molecule has 0 spiro atoms. The number of ether oxygens (including phenoxy) is 3. The molecule has 7 nitrogen and oxygen atoms in total. The first kappa shape index (κ1) is 20.6. The van der Waals surface area contributed by atoms with Crippen LogP contribution in [0.25, 0.3) is 0 Å². The number of rotatable bonds is 7. The molecule has 140 valence electrons. The van der Waals surface area contributed by atoms with Gasteiger partial charge in [-0.15, -0.1) is 0 Å². The summed E-state index contributed by atoms with van der Waals surface area (Å²) in [5.41, 5.74) is -5.17. The van der Waals surface area contributed by atoms with Crippen molar-refractivity contribution in [1.29, 1.82) is 0 Å². The first-order chi connectivity index (χ1) is 11.6. The average Bonchev–Trinajstić information content (AvgIpc) is 2.51. The van der Waals surface area contributed by atoms with E-state index < -0.39 is 48.2 Å². The highest BCUT2D eigenvalue weighted by Gasteiger charge is 2.63. The molecule has 0 radical (unpaired) electrons. The molecule has 0 saturated carbocycles. The smallest absolute Gasteiger partial charge is 0.432 e. The predicted molar refractivity (Wildman–Crippen MR) is 76.8 cm³/mol. The number of aromatic hydroxyl groups is 1. The molecular formula is C15H17F3O7. The Labute approximate surface area is 140 Å². The molecule has 0 aliphatic heterocycles. The Morgan fingerprint density at radius 2 is 1.72 bits per heavy atom. The highest BCUT2D eigenvalue weighted by atomic mass is 19.4. The number of alkyl halides is 3. The Bertz CT molecular complexity index is 630. The largest absolute Gasteiger partial charge is 0.507 e. The molecule has 25 heavy (non-hydrogen) atoms. The SMILES string of the molecule is CCOC(=O)COc1ccc(C(O)(C(=O)OCC)C(F)(F)F)c(O)c1.